The first kappa shape index (κ1) is 38.0. The quantitative estimate of drug-likeness (QED) is 0.0474. The van der Waals surface area contributed by atoms with E-state index in [2.05, 4.69) is 70.9 Å². The predicted molar refractivity (Wildman–Crippen MR) is 216 cm³/mol. The van der Waals surface area contributed by atoms with Crippen molar-refractivity contribution in [2.45, 2.75) is 7.43 Å². The van der Waals surface area contributed by atoms with Crippen LogP contribution in [0.1, 0.15) is 18.6 Å². The van der Waals surface area contributed by atoms with E-state index in [1.165, 1.54) is 0 Å². The highest BCUT2D eigenvalue weighted by Crippen LogP contribution is 2.46. The van der Waals surface area contributed by atoms with Gasteiger partial charge in [-0.05, 0) is 83.9 Å². The Morgan fingerprint density at radius 3 is 1.62 bits per heavy atom. The molecule has 258 valence electrons. The summed E-state index contributed by atoms with van der Waals surface area (Å²) < 4.78 is 24.8. The molecule has 0 aromatic heterocycles. The van der Waals surface area contributed by atoms with Gasteiger partial charge in [0, 0.05) is 23.0 Å². The fourth-order valence-electron chi connectivity index (χ4n) is 4.86. The Balaban J connectivity index is 0.00000562. The lowest BCUT2D eigenvalue weighted by Gasteiger charge is -2.27. The molecule has 0 aliphatic heterocycles. The van der Waals surface area contributed by atoms with Crippen LogP contribution in [0.2, 0.25) is 0 Å². The molecule has 8 nitrogen and oxygen atoms in total. The van der Waals surface area contributed by atoms with Gasteiger partial charge in [0.1, 0.15) is 23.9 Å². The maximum Gasteiger partial charge on any atom is 0.306 e. The van der Waals surface area contributed by atoms with Crippen molar-refractivity contribution in [1.82, 2.24) is 9.79 Å². The second kappa shape index (κ2) is 18.8. The van der Waals surface area contributed by atoms with E-state index in [0.29, 0.717) is 0 Å². The summed E-state index contributed by atoms with van der Waals surface area (Å²) in [5.41, 5.74) is 1.94. The maximum atomic E-state index is 6.24. The van der Waals surface area contributed by atoms with Gasteiger partial charge in [-0.1, -0.05) is 68.1 Å². The van der Waals surface area contributed by atoms with Crippen molar-refractivity contribution in [3.8, 4) is 17.2 Å². The van der Waals surface area contributed by atoms with E-state index in [1.54, 1.807) is 18.3 Å². The number of nitrogens with zero attached hydrogens (tertiary/aromatic N) is 5. The summed E-state index contributed by atoms with van der Waals surface area (Å²) in [5, 5.41) is 14.0. The molecule has 0 bridgehead atoms. The number of rotatable bonds is 15. The third kappa shape index (κ3) is 10.1. The lowest BCUT2D eigenvalue weighted by atomic mass is 10.2. The Kier molecular flexibility index (Phi) is 14.3. The van der Waals surface area contributed by atoms with E-state index in [9.17, 15) is 0 Å². The Morgan fingerprint density at radius 2 is 1.10 bits per heavy atom. The summed E-state index contributed by atoms with van der Waals surface area (Å²) in [6.45, 7) is 1.76. The van der Waals surface area contributed by atoms with Gasteiger partial charge >= 0.3 is 6.85 Å². The predicted octanol–water partition coefficient (Wildman–Crippen LogP) is 7.90. The molecule has 0 saturated heterocycles. The number of hydrogen-bond acceptors (Lipinski definition) is 8. The minimum absolute atomic E-state index is 0. The van der Waals surface area contributed by atoms with E-state index in [-0.39, 0.29) is 20.9 Å². The van der Waals surface area contributed by atoms with Crippen LogP contribution < -0.4 is 30.1 Å². The van der Waals surface area contributed by atoms with Gasteiger partial charge in [0.15, 0.2) is 25.3 Å². The summed E-state index contributed by atoms with van der Waals surface area (Å²) in [6, 6.07) is 44.7. The zero-order valence-corrected chi connectivity index (χ0v) is 30.6. The average Bonchev–Trinajstić information content (AvgIpc) is 3.15. The van der Waals surface area contributed by atoms with Gasteiger partial charge in [-0.25, -0.2) is 0 Å². The summed E-state index contributed by atoms with van der Waals surface area (Å²) >= 11 is 5.31. The second-order valence-corrected chi connectivity index (χ2v) is 17.1. The zero-order valence-electron chi connectivity index (χ0n) is 28.0. The van der Waals surface area contributed by atoms with Crippen molar-refractivity contribution in [2.75, 3.05) is 41.3 Å². The molecule has 50 heavy (non-hydrogen) atoms. The average molecular weight is 725 g/mol. The van der Waals surface area contributed by atoms with Gasteiger partial charge in [-0.3, -0.25) is 9.75 Å². The van der Waals surface area contributed by atoms with Crippen molar-refractivity contribution in [3.05, 3.63) is 145 Å². The lowest BCUT2D eigenvalue weighted by Crippen LogP contribution is -2.26. The smallest absolute Gasteiger partial charge is 0.306 e. The summed E-state index contributed by atoms with van der Waals surface area (Å²) in [6.07, 6.45) is 3.60. The third-order valence-corrected chi connectivity index (χ3v) is 12.9. The first-order chi connectivity index (χ1) is 23.9. The molecule has 5 rings (SSSR count). The van der Waals surface area contributed by atoms with Crippen molar-refractivity contribution < 1.29 is 14.2 Å². The van der Waals surface area contributed by atoms with Crippen molar-refractivity contribution in [1.29, 1.82) is 0 Å². The lowest BCUT2D eigenvalue weighted by molar-refractivity contribution is 0.158. The van der Waals surface area contributed by atoms with E-state index in [4.69, 9.17) is 30.8 Å². The van der Waals surface area contributed by atoms with Gasteiger partial charge in [0.25, 0.3) is 0 Å². The topological polar surface area (TPSA) is 71.2 Å². The van der Waals surface area contributed by atoms with Crippen molar-refractivity contribution in [3.63, 3.8) is 0 Å². The highest BCUT2D eigenvalue weighted by atomic mass is 32.4. The highest BCUT2D eigenvalue weighted by Gasteiger charge is 2.27. The number of methoxy groups -OCH3 is 1. The summed E-state index contributed by atoms with van der Waals surface area (Å²) in [5.74, 6) is 2.28. The molecule has 0 aliphatic carbocycles. The number of benzene rings is 5. The fourth-order valence-corrected chi connectivity index (χ4v) is 8.58. The number of hydrazone groups is 2. The van der Waals surface area contributed by atoms with Gasteiger partial charge in [-0.15, -0.1) is 9.88 Å². The van der Waals surface area contributed by atoms with Gasteiger partial charge < -0.3 is 14.2 Å². The van der Waals surface area contributed by atoms with E-state index in [0.717, 1.165) is 44.3 Å². The molecule has 0 spiro atoms. The van der Waals surface area contributed by atoms with Gasteiger partial charge in [0.05, 0.1) is 33.6 Å². The van der Waals surface area contributed by atoms with Crippen LogP contribution >= 0.6 is 13.9 Å². The summed E-state index contributed by atoms with van der Waals surface area (Å²) in [4.78, 5) is 0. The van der Waals surface area contributed by atoms with Gasteiger partial charge in [-0.2, -0.15) is 5.10 Å². The third-order valence-electron chi connectivity index (χ3n) is 7.57. The fraction of sp³-hybridized carbons (Fsp3) is 0.179. The molecule has 0 amide bonds. The Labute approximate surface area is 302 Å². The van der Waals surface area contributed by atoms with E-state index in [1.807, 2.05) is 105 Å². The van der Waals surface area contributed by atoms with Crippen LogP contribution in [0.4, 0.5) is 0 Å². The van der Waals surface area contributed by atoms with Crippen LogP contribution in [0.15, 0.2) is 148 Å². The number of ether oxygens (including phenoxy) is 3. The van der Waals surface area contributed by atoms with Gasteiger partial charge in [0.2, 0.25) is 0 Å². The molecule has 11 heteroatoms. The van der Waals surface area contributed by atoms with Crippen LogP contribution in [0.25, 0.3) is 0 Å². The molecule has 5 aromatic carbocycles. The minimum atomic E-state index is -2.47. The largest absolute Gasteiger partial charge is 0.497 e. The van der Waals surface area contributed by atoms with Crippen LogP contribution in [0.3, 0.4) is 0 Å². The molecular weight excluding hydrogens is 680 g/mol. The van der Waals surface area contributed by atoms with Crippen LogP contribution in [-0.4, -0.2) is 63.5 Å². The Bertz CT molecular complexity index is 1860. The molecular formula is C39H44N5O3P2S+. The van der Waals surface area contributed by atoms with Crippen molar-refractivity contribution >= 4 is 54.1 Å². The number of hydrogen-bond donors (Lipinski definition) is 0. The SMILES string of the molecule is C.COc1ccc(C=NN(C)COc2ccc(P(=NCOc3ccc(C=NN(C)[P+](C)=S)cc3)(c3ccccc3)c3ccccc3)cc2)cc1. The van der Waals surface area contributed by atoms with E-state index >= 15 is 0 Å². The first-order valence-corrected chi connectivity index (χ1v) is 20.1. The van der Waals surface area contributed by atoms with Crippen LogP contribution in [0.5, 0.6) is 17.2 Å². The molecule has 0 fully saturated rings. The highest BCUT2D eigenvalue weighted by molar-refractivity contribution is 8.03. The molecule has 0 heterocycles. The normalized spacial score (nSPS) is 11.5. The molecule has 0 aliphatic rings. The standard InChI is InChI=1S/C38H40N5O3P2S.CH4/c1-42(39-27-31-15-19-33(44-3)20-16-31)30-46-35-23-25-38(26-24-35)48(36-11-7-5-8-12-36,37-13-9-6-10-14-37)41-29-45-34-21-17-32(18-22-34)28-40-43(2)47(4)49;/h5-28H,29-30H2,1-4H3;1H4/q+1;. The van der Waals surface area contributed by atoms with Crippen LogP contribution in [0, 0.1) is 0 Å². The summed E-state index contributed by atoms with van der Waals surface area (Å²) in [7, 11) is 2.95. The Morgan fingerprint density at radius 1 is 0.640 bits per heavy atom. The monoisotopic (exact) mass is 724 g/mol. The molecule has 1 unspecified atom stereocenters. The second-order valence-electron chi connectivity index (χ2n) is 10.9. The van der Waals surface area contributed by atoms with Crippen molar-refractivity contribution in [2.24, 2.45) is 14.9 Å². The first-order valence-electron chi connectivity index (χ1n) is 15.6. The molecule has 1 atom stereocenters. The Hall–Kier alpha value is -4.81. The molecule has 0 N–H and O–H groups in total. The molecule has 5 aromatic rings. The zero-order chi connectivity index (χ0) is 34.5. The molecule has 0 saturated carbocycles. The van der Waals surface area contributed by atoms with E-state index < -0.39 is 13.9 Å². The maximum absolute atomic E-state index is 6.24. The molecule has 0 radical (unpaired) electrons. The van der Waals surface area contributed by atoms with Crippen LogP contribution in [-0.2, 0) is 11.8 Å². The minimum Gasteiger partial charge on any atom is -0.497 e.